The highest BCUT2D eigenvalue weighted by atomic mass is 19.1. The maximum Gasteiger partial charge on any atom is 0.127 e. The predicted molar refractivity (Wildman–Crippen MR) is 57.7 cm³/mol. The molecule has 1 rings (SSSR count). The highest BCUT2D eigenvalue weighted by Gasteiger charge is 2.17. The van der Waals surface area contributed by atoms with Gasteiger partial charge in [0.25, 0.3) is 0 Å². The third-order valence-electron chi connectivity index (χ3n) is 2.39. The lowest BCUT2D eigenvalue weighted by Crippen LogP contribution is -2.04. The van der Waals surface area contributed by atoms with Gasteiger partial charge in [-0.1, -0.05) is 13.8 Å². The monoisotopic (exact) mass is 212 g/mol. The van der Waals surface area contributed by atoms with Crippen LogP contribution >= 0.6 is 0 Å². The molecule has 0 amide bonds. The van der Waals surface area contributed by atoms with Gasteiger partial charge in [-0.25, -0.2) is 4.39 Å². The Morgan fingerprint density at radius 1 is 1.27 bits per heavy atom. The van der Waals surface area contributed by atoms with Gasteiger partial charge in [0.2, 0.25) is 0 Å². The van der Waals surface area contributed by atoms with Crippen molar-refractivity contribution in [3.8, 4) is 5.75 Å². The van der Waals surface area contributed by atoms with Gasteiger partial charge in [0.05, 0.1) is 13.2 Å². The van der Waals surface area contributed by atoms with Crippen molar-refractivity contribution in [2.24, 2.45) is 0 Å². The normalized spacial score (nSPS) is 13.0. The fourth-order valence-corrected chi connectivity index (χ4v) is 1.75. The molecule has 0 saturated carbocycles. The number of halogens is 1. The average Bonchev–Trinajstić information content (AvgIpc) is 2.15. The molecule has 0 aliphatic rings. The molecule has 1 unspecified atom stereocenters. The van der Waals surface area contributed by atoms with Crippen LogP contribution in [0.3, 0.4) is 0 Å². The molecule has 0 aliphatic heterocycles. The maximum atomic E-state index is 13.2. The summed E-state index contributed by atoms with van der Waals surface area (Å²) in [5.41, 5.74) is 1.47. The molecule has 0 bridgehead atoms. The van der Waals surface area contributed by atoms with E-state index in [0.29, 0.717) is 11.3 Å². The second kappa shape index (κ2) is 4.62. The van der Waals surface area contributed by atoms with Gasteiger partial charge in [-0.3, -0.25) is 0 Å². The molecule has 1 N–H and O–H groups in total. The van der Waals surface area contributed by atoms with Crippen LogP contribution in [0, 0.1) is 5.82 Å². The molecule has 0 heterocycles. The fraction of sp³-hybridized carbons (Fsp3) is 0.500. The first-order valence-corrected chi connectivity index (χ1v) is 5.02. The van der Waals surface area contributed by atoms with Crippen LogP contribution in [0.4, 0.5) is 4.39 Å². The summed E-state index contributed by atoms with van der Waals surface area (Å²) in [5.74, 6) is 0.304. The first-order valence-electron chi connectivity index (χ1n) is 5.02. The van der Waals surface area contributed by atoms with E-state index in [1.54, 1.807) is 6.92 Å². The van der Waals surface area contributed by atoms with E-state index >= 15 is 0 Å². The number of ether oxygens (including phenoxy) is 1. The second-order valence-corrected chi connectivity index (χ2v) is 3.94. The molecule has 2 nitrogen and oxygen atoms in total. The number of rotatable bonds is 3. The molecule has 0 spiro atoms. The largest absolute Gasteiger partial charge is 0.496 e. The molecule has 0 aliphatic carbocycles. The van der Waals surface area contributed by atoms with Crippen molar-refractivity contribution in [3.05, 3.63) is 29.1 Å². The molecule has 15 heavy (non-hydrogen) atoms. The van der Waals surface area contributed by atoms with Crippen molar-refractivity contribution in [1.82, 2.24) is 0 Å². The van der Waals surface area contributed by atoms with Gasteiger partial charge in [-0.05, 0) is 24.5 Å². The van der Waals surface area contributed by atoms with Crippen LogP contribution in [0.5, 0.6) is 5.75 Å². The van der Waals surface area contributed by atoms with Gasteiger partial charge in [0, 0.05) is 11.6 Å². The highest BCUT2D eigenvalue weighted by molar-refractivity contribution is 5.44. The lowest BCUT2D eigenvalue weighted by atomic mass is 9.93. The van der Waals surface area contributed by atoms with Gasteiger partial charge in [0.15, 0.2) is 0 Å². The quantitative estimate of drug-likeness (QED) is 0.834. The van der Waals surface area contributed by atoms with Gasteiger partial charge in [-0.2, -0.15) is 0 Å². The topological polar surface area (TPSA) is 29.5 Å². The third kappa shape index (κ3) is 2.48. The molecule has 3 heteroatoms. The fourth-order valence-electron chi connectivity index (χ4n) is 1.75. The van der Waals surface area contributed by atoms with E-state index in [1.165, 1.54) is 19.2 Å². The Balaban J connectivity index is 3.40. The summed E-state index contributed by atoms with van der Waals surface area (Å²) >= 11 is 0. The third-order valence-corrected chi connectivity index (χ3v) is 2.39. The number of aliphatic hydroxyl groups is 1. The predicted octanol–water partition coefficient (Wildman–Crippen LogP) is 3.01. The lowest BCUT2D eigenvalue weighted by molar-refractivity contribution is 0.196. The van der Waals surface area contributed by atoms with E-state index in [0.717, 1.165) is 5.56 Å². The molecule has 0 fully saturated rings. The summed E-state index contributed by atoms with van der Waals surface area (Å²) < 4.78 is 18.4. The van der Waals surface area contributed by atoms with Gasteiger partial charge in [0.1, 0.15) is 11.6 Å². The van der Waals surface area contributed by atoms with Crippen molar-refractivity contribution < 1.29 is 14.2 Å². The minimum absolute atomic E-state index is 0.185. The number of hydrogen-bond donors (Lipinski definition) is 1. The van der Waals surface area contributed by atoms with Gasteiger partial charge >= 0.3 is 0 Å². The maximum absolute atomic E-state index is 13.2. The number of benzene rings is 1. The lowest BCUT2D eigenvalue weighted by Gasteiger charge is -2.18. The smallest absolute Gasteiger partial charge is 0.127 e. The Hall–Kier alpha value is -1.09. The van der Waals surface area contributed by atoms with Crippen molar-refractivity contribution in [2.75, 3.05) is 7.11 Å². The Morgan fingerprint density at radius 2 is 1.87 bits per heavy atom. The van der Waals surface area contributed by atoms with Gasteiger partial charge in [-0.15, -0.1) is 0 Å². The standard InChI is InChI=1S/C12H17FO2/c1-7(2)12-10(8(3)14)5-9(13)6-11(12)15-4/h5-8,14H,1-4H3. The second-order valence-electron chi connectivity index (χ2n) is 3.94. The molecule has 1 aromatic carbocycles. The number of aliphatic hydroxyl groups excluding tert-OH is 1. The Kier molecular flexibility index (Phi) is 3.69. The van der Waals surface area contributed by atoms with Gasteiger partial charge < -0.3 is 9.84 Å². The van der Waals surface area contributed by atoms with Crippen LogP contribution in [0.2, 0.25) is 0 Å². The Bertz CT molecular complexity index is 346. The van der Waals surface area contributed by atoms with Crippen molar-refractivity contribution in [2.45, 2.75) is 32.8 Å². The minimum atomic E-state index is -0.688. The van der Waals surface area contributed by atoms with Crippen LogP contribution < -0.4 is 4.74 Å². The molecule has 1 aromatic rings. The summed E-state index contributed by atoms with van der Waals surface area (Å²) in [7, 11) is 1.51. The van der Waals surface area contributed by atoms with Crippen LogP contribution in [0.1, 0.15) is 43.9 Å². The molecule has 1 atom stereocenters. The average molecular weight is 212 g/mol. The van der Waals surface area contributed by atoms with Crippen LogP contribution in [-0.2, 0) is 0 Å². The number of methoxy groups -OCH3 is 1. The molecular formula is C12H17FO2. The minimum Gasteiger partial charge on any atom is -0.496 e. The SMILES string of the molecule is COc1cc(F)cc(C(C)O)c1C(C)C. The molecule has 0 saturated heterocycles. The highest BCUT2D eigenvalue weighted by Crippen LogP contribution is 2.34. The molecule has 84 valence electrons. The summed E-state index contributed by atoms with van der Waals surface area (Å²) in [5, 5.41) is 9.58. The first kappa shape index (κ1) is 12.0. The van der Waals surface area contributed by atoms with E-state index in [4.69, 9.17) is 4.74 Å². The molecule has 0 radical (unpaired) electrons. The van der Waals surface area contributed by atoms with Crippen molar-refractivity contribution >= 4 is 0 Å². The summed E-state index contributed by atoms with van der Waals surface area (Å²) in [6, 6.07) is 2.71. The van der Waals surface area contributed by atoms with E-state index in [9.17, 15) is 9.50 Å². The number of hydrogen-bond acceptors (Lipinski definition) is 2. The Labute approximate surface area is 89.7 Å². The first-order chi connectivity index (χ1) is 6.97. The van der Waals surface area contributed by atoms with Crippen LogP contribution in [0.15, 0.2) is 12.1 Å². The van der Waals surface area contributed by atoms with Crippen LogP contribution in [0.25, 0.3) is 0 Å². The zero-order valence-electron chi connectivity index (χ0n) is 9.54. The molecule has 0 aromatic heterocycles. The Morgan fingerprint density at radius 3 is 2.27 bits per heavy atom. The molecular weight excluding hydrogens is 195 g/mol. The van der Waals surface area contributed by atoms with Crippen molar-refractivity contribution in [1.29, 1.82) is 0 Å². The zero-order valence-corrected chi connectivity index (χ0v) is 9.54. The zero-order chi connectivity index (χ0) is 11.6. The summed E-state index contributed by atoms with van der Waals surface area (Å²) in [6.45, 7) is 5.60. The van der Waals surface area contributed by atoms with E-state index in [-0.39, 0.29) is 11.7 Å². The van der Waals surface area contributed by atoms with E-state index < -0.39 is 6.10 Å². The van der Waals surface area contributed by atoms with E-state index in [2.05, 4.69) is 0 Å². The van der Waals surface area contributed by atoms with Crippen LogP contribution in [-0.4, -0.2) is 12.2 Å². The summed E-state index contributed by atoms with van der Waals surface area (Å²) in [4.78, 5) is 0. The van der Waals surface area contributed by atoms with E-state index in [1.807, 2.05) is 13.8 Å². The van der Waals surface area contributed by atoms with Crippen molar-refractivity contribution in [3.63, 3.8) is 0 Å². The summed E-state index contributed by atoms with van der Waals surface area (Å²) in [6.07, 6.45) is -0.688.